The second kappa shape index (κ2) is 4.15. The van der Waals surface area contributed by atoms with Crippen LogP contribution in [0.1, 0.15) is 25.8 Å². The predicted octanol–water partition coefficient (Wildman–Crippen LogP) is 3.05. The fourth-order valence-electron chi connectivity index (χ4n) is 0.919. The van der Waals surface area contributed by atoms with Crippen molar-refractivity contribution in [1.29, 1.82) is 0 Å². The Morgan fingerprint density at radius 1 is 1.42 bits per heavy atom. The van der Waals surface area contributed by atoms with E-state index >= 15 is 0 Å². The van der Waals surface area contributed by atoms with Crippen LogP contribution in [0.5, 0.6) is 5.75 Å². The summed E-state index contributed by atoms with van der Waals surface area (Å²) in [5.41, 5.74) is 0.956. The first-order valence-corrected chi connectivity index (χ1v) is 4.31. The Balaban J connectivity index is 2.69. The molecule has 0 aliphatic carbocycles. The molecule has 1 rings (SSSR count). The molecule has 0 aliphatic rings. The molecule has 1 aromatic rings. The third-order valence-corrected chi connectivity index (χ3v) is 1.88. The van der Waals surface area contributed by atoms with Crippen molar-refractivity contribution < 1.29 is 4.74 Å². The van der Waals surface area contributed by atoms with Crippen molar-refractivity contribution in [2.45, 2.75) is 26.4 Å². The van der Waals surface area contributed by atoms with E-state index in [9.17, 15) is 0 Å². The van der Waals surface area contributed by atoms with E-state index in [1.165, 1.54) is 0 Å². The van der Waals surface area contributed by atoms with Gasteiger partial charge in [0.15, 0.2) is 0 Å². The lowest BCUT2D eigenvalue weighted by Gasteiger charge is -2.13. The number of rotatable bonds is 3. The minimum Gasteiger partial charge on any atom is -0.490 e. The molecule has 1 atom stereocenters. The maximum atomic E-state index is 5.63. The van der Waals surface area contributed by atoms with Crippen LogP contribution in [-0.4, -0.2) is 6.10 Å². The number of para-hydroxylation sites is 1. The molecule has 12 heavy (non-hydrogen) atoms. The van der Waals surface area contributed by atoms with Crippen LogP contribution in [0.3, 0.4) is 0 Å². The van der Waals surface area contributed by atoms with Crippen LogP contribution in [0.15, 0.2) is 24.3 Å². The fraction of sp³-hybridized carbons (Fsp3) is 0.364. The van der Waals surface area contributed by atoms with Crippen molar-refractivity contribution >= 4 is 0 Å². The quantitative estimate of drug-likeness (QED) is 0.665. The van der Waals surface area contributed by atoms with Gasteiger partial charge in [0.05, 0.1) is 6.10 Å². The van der Waals surface area contributed by atoms with Gasteiger partial charge in [-0.3, -0.25) is 0 Å². The Morgan fingerprint density at radius 2 is 2.08 bits per heavy atom. The lowest BCUT2D eigenvalue weighted by atomic mass is 10.2. The number of hydrogen-bond donors (Lipinski definition) is 0. The normalized spacial score (nSPS) is 12.6. The van der Waals surface area contributed by atoms with E-state index in [4.69, 9.17) is 4.74 Å². The number of benzene rings is 1. The molecule has 65 valence electrons. The van der Waals surface area contributed by atoms with Gasteiger partial charge in [0.25, 0.3) is 0 Å². The minimum absolute atomic E-state index is 0.271. The maximum absolute atomic E-state index is 5.63. The van der Waals surface area contributed by atoms with Crippen molar-refractivity contribution in [2.75, 3.05) is 0 Å². The van der Waals surface area contributed by atoms with Crippen LogP contribution < -0.4 is 4.74 Å². The molecule has 0 heterocycles. The Bertz CT molecular complexity index is 243. The standard InChI is InChI=1S/C11H15O/c1-4-10(3)12-11-8-6-5-7-9(11)2/h5-8,10H,2,4H2,1,3H3. The first-order valence-electron chi connectivity index (χ1n) is 4.31. The lowest BCUT2D eigenvalue weighted by molar-refractivity contribution is 0.216. The molecule has 0 saturated carbocycles. The van der Waals surface area contributed by atoms with Crippen molar-refractivity contribution in [3.05, 3.63) is 36.8 Å². The van der Waals surface area contributed by atoms with Gasteiger partial charge in [-0.15, -0.1) is 0 Å². The van der Waals surface area contributed by atoms with Gasteiger partial charge in [-0.2, -0.15) is 0 Å². The van der Waals surface area contributed by atoms with E-state index in [1.54, 1.807) is 0 Å². The molecule has 0 aliphatic heterocycles. The average molecular weight is 163 g/mol. The second-order valence-electron chi connectivity index (χ2n) is 2.94. The molecule has 1 aromatic carbocycles. The topological polar surface area (TPSA) is 9.23 Å². The minimum atomic E-state index is 0.271. The first kappa shape index (κ1) is 9.11. The third kappa shape index (κ3) is 2.26. The zero-order chi connectivity index (χ0) is 8.97. The third-order valence-electron chi connectivity index (χ3n) is 1.88. The smallest absolute Gasteiger partial charge is 0.122 e. The Labute approximate surface area is 74.4 Å². The summed E-state index contributed by atoms with van der Waals surface area (Å²) < 4.78 is 5.63. The maximum Gasteiger partial charge on any atom is 0.122 e. The second-order valence-corrected chi connectivity index (χ2v) is 2.94. The average Bonchev–Trinajstić information content (AvgIpc) is 2.09. The molecule has 1 heteroatoms. The van der Waals surface area contributed by atoms with Gasteiger partial charge in [0.1, 0.15) is 5.75 Å². The molecule has 1 nitrogen and oxygen atoms in total. The predicted molar refractivity (Wildman–Crippen MR) is 51.3 cm³/mol. The van der Waals surface area contributed by atoms with E-state index in [1.807, 2.05) is 24.3 Å². The highest BCUT2D eigenvalue weighted by molar-refractivity contribution is 5.35. The van der Waals surface area contributed by atoms with Crippen molar-refractivity contribution in [2.24, 2.45) is 0 Å². The molecule has 0 spiro atoms. The molecule has 0 bridgehead atoms. The van der Waals surface area contributed by atoms with Crippen LogP contribution in [-0.2, 0) is 0 Å². The molecule has 0 saturated heterocycles. The molecule has 0 aromatic heterocycles. The summed E-state index contributed by atoms with van der Waals surface area (Å²) in [5, 5.41) is 0. The van der Waals surface area contributed by atoms with Crippen molar-refractivity contribution in [1.82, 2.24) is 0 Å². The van der Waals surface area contributed by atoms with E-state index in [0.29, 0.717) is 0 Å². The van der Waals surface area contributed by atoms with Gasteiger partial charge in [-0.1, -0.05) is 25.1 Å². The van der Waals surface area contributed by atoms with Crippen LogP contribution in [0.4, 0.5) is 0 Å². The van der Waals surface area contributed by atoms with Crippen LogP contribution in [0.25, 0.3) is 0 Å². The molecular weight excluding hydrogens is 148 g/mol. The SMILES string of the molecule is [CH2]c1ccccc1OC(C)CC. The molecule has 0 fully saturated rings. The first-order chi connectivity index (χ1) is 5.74. The van der Waals surface area contributed by atoms with E-state index < -0.39 is 0 Å². The lowest BCUT2D eigenvalue weighted by Crippen LogP contribution is -2.10. The molecular formula is C11H15O. The Morgan fingerprint density at radius 3 is 2.67 bits per heavy atom. The highest BCUT2D eigenvalue weighted by atomic mass is 16.5. The van der Waals surface area contributed by atoms with Crippen LogP contribution >= 0.6 is 0 Å². The summed E-state index contributed by atoms with van der Waals surface area (Å²) in [7, 11) is 0. The summed E-state index contributed by atoms with van der Waals surface area (Å²) in [5.74, 6) is 0.895. The number of ether oxygens (including phenoxy) is 1. The molecule has 0 amide bonds. The van der Waals surface area contributed by atoms with E-state index in [2.05, 4.69) is 20.8 Å². The Hall–Kier alpha value is -0.980. The Kier molecular flexibility index (Phi) is 3.15. The fourth-order valence-corrected chi connectivity index (χ4v) is 0.919. The van der Waals surface area contributed by atoms with E-state index in [-0.39, 0.29) is 6.10 Å². The van der Waals surface area contributed by atoms with Gasteiger partial charge in [-0.25, -0.2) is 0 Å². The molecule has 1 unspecified atom stereocenters. The molecule has 1 radical (unpaired) electrons. The van der Waals surface area contributed by atoms with Gasteiger partial charge in [0, 0.05) is 0 Å². The summed E-state index contributed by atoms with van der Waals surface area (Å²) >= 11 is 0. The highest BCUT2D eigenvalue weighted by Gasteiger charge is 2.02. The zero-order valence-electron chi connectivity index (χ0n) is 7.71. The molecule has 0 N–H and O–H groups in total. The van der Waals surface area contributed by atoms with Gasteiger partial charge in [0.2, 0.25) is 0 Å². The van der Waals surface area contributed by atoms with Gasteiger partial charge < -0.3 is 4.74 Å². The summed E-state index contributed by atoms with van der Waals surface area (Å²) in [6, 6.07) is 7.84. The highest BCUT2D eigenvalue weighted by Crippen LogP contribution is 2.18. The van der Waals surface area contributed by atoms with Gasteiger partial charge in [-0.05, 0) is 31.9 Å². The summed E-state index contributed by atoms with van der Waals surface area (Å²) in [6.45, 7) is 8.05. The number of hydrogen-bond acceptors (Lipinski definition) is 1. The summed E-state index contributed by atoms with van der Waals surface area (Å²) in [6.07, 6.45) is 1.29. The van der Waals surface area contributed by atoms with Gasteiger partial charge >= 0.3 is 0 Å². The van der Waals surface area contributed by atoms with Crippen LogP contribution in [0.2, 0.25) is 0 Å². The largest absolute Gasteiger partial charge is 0.490 e. The van der Waals surface area contributed by atoms with Crippen LogP contribution in [0, 0.1) is 6.92 Å². The zero-order valence-corrected chi connectivity index (χ0v) is 7.71. The monoisotopic (exact) mass is 163 g/mol. The van der Waals surface area contributed by atoms with Crippen molar-refractivity contribution in [3.63, 3.8) is 0 Å². The van der Waals surface area contributed by atoms with Crippen molar-refractivity contribution in [3.8, 4) is 5.75 Å². The summed E-state index contributed by atoms with van der Waals surface area (Å²) in [4.78, 5) is 0. The van der Waals surface area contributed by atoms with E-state index in [0.717, 1.165) is 17.7 Å².